The first kappa shape index (κ1) is 25.1. The monoisotopic (exact) mass is 525 g/mol. The van der Waals surface area contributed by atoms with Crippen LogP contribution in [0.25, 0.3) is 22.0 Å². The fourth-order valence-electron chi connectivity index (χ4n) is 4.71. The number of aromatic nitrogens is 4. The number of benzene rings is 2. The molecule has 1 fully saturated rings. The SMILES string of the molecule is C[C@H]1CC[C@H](C)N(c2nc(OCCc3ncccn3)nc3c(F)c(-c4c(O)cccc4F)c(Cl)cc23)C1. The Morgan fingerprint density at radius 2 is 1.86 bits per heavy atom. The Kier molecular flexibility index (Phi) is 7.06. The van der Waals surface area contributed by atoms with Crippen molar-refractivity contribution >= 4 is 28.3 Å². The number of rotatable bonds is 6. The quantitative estimate of drug-likeness (QED) is 0.332. The third-order valence-corrected chi connectivity index (χ3v) is 6.95. The van der Waals surface area contributed by atoms with Gasteiger partial charge in [0.1, 0.15) is 28.7 Å². The molecule has 192 valence electrons. The molecule has 5 rings (SSSR count). The molecule has 0 radical (unpaired) electrons. The highest BCUT2D eigenvalue weighted by Gasteiger charge is 2.29. The van der Waals surface area contributed by atoms with Crippen LogP contribution in [0.4, 0.5) is 14.6 Å². The topological polar surface area (TPSA) is 84.3 Å². The minimum Gasteiger partial charge on any atom is -0.507 e. The number of anilines is 1. The number of ether oxygens (including phenoxy) is 1. The molecule has 1 saturated heterocycles. The Labute approximate surface area is 218 Å². The normalized spacial score (nSPS) is 17.8. The number of halogens is 3. The van der Waals surface area contributed by atoms with E-state index < -0.39 is 17.4 Å². The van der Waals surface area contributed by atoms with Crippen LogP contribution in [-0.4, -0.2) is 44.2 Å². The Balaban J connectivity index is 1.64. The highest BCUT2D eigenvalue weighted by atomic mass is 35.5. The first-order valence-electron chi connectivity index (χ1n) is 12.2. The number of hydrogen-bond acceptors (Lipinski definition) is 7. The third-order valence-electron chi connectivity index (χ3n) is 6.65. The van der Waals surface area contributed by atoms with Crippen LogP contribution in [-0.2, 0) is 6.42 Å². The molecule has 37 heavy (non-hydrogen) atoms. The van der Waals surface area contributed by atoms with E-state index in [0.717, 1.165) is 25.5 Å². The highest BCUT2D eigenvalue weighted by molar-refractivity contribution is 6.34. The van der Waals surface area contributed by atoms with Crippen molar-refractivity contribution in [3.05, 3.63) is 65.2 Å². The minimum absolute atomic E-state index is 0.0196. The Morgan fingerprint density at radius 3 is 2.62 bits per heavy atom. The number of fused-ring (bicyclic) bond motifs is 1. The van der Waals surface area contributed by atoms with Gasteiger partial charge in [-0.2, -0.15) is 9.97 Å². The van der Waals surface area contributed by atoms with Gasteiger partial charge >= 0.3 is 6.01 Å². The maximum Gasteiger partial charge on any atom is 0.319 e. The Morgan fingerprint density at radius 1 is 1.08 bits per heavy atom. The molecule has 0 aliphatic carbocycles. The molecular formula is C27H26ClF2N5O2. The van der Waals surface area contributed by atoms with Crippen LogP contribution in [0.5, 0.6) is 11.8 Å². The van der Waals surface area contributed by atoms with E-state index in [2.05, 4.69) is 38.7 Å². The highest BCUT2D eigenvalue weighted by Crippen LogP contribution is 2.43. The molecule has 0 amide bonds. The van der Waals surface area contributed by atoms with Gasteiger partial charge in [0.15, 0.2) is 5.82 Å². The van der Waals surface area contributed by atoms with Gasteiger partial charge in [0.05, 0.1) is 17.2 Å². The van der Waals surface area contributed by atoms with E-state index in [0.29, 0.717) is 29.4 Å². The lowest BCUT2D eigenvalue weighted by molar-refractivity contribution is 0.294. The predicted molar refractivity (Wildman–Crippen MR) is 138 cm³/mol. The van der Waals surface area contributed by atoms with Gasteiger partial charge in [-0.15, -0.1) is 0 Å². The van der Waals surface area contributed by atoms with Crippen molar-refractivity contribution in [2.45, 2.75) is 39.2 Å². The molecule has 0 unspecified atom stereocenters. The number of aromatic hydroxyl groups is 1. The smallest absolute Gasteiger partial charge is 0.319 e. The molecule has 2 aromatic carbocycles. The molecule has 0 bridgehead atoms. The van der Waals surface area contributed by atoms with Crippen molar-refractivity contribution in [3.63, 3.8) is 0 Å². The molecule has 1 aliphatic heterocycles. The summed E-state index contributed by atoms with van der Waals surface area (Å²) in [6, 6.07) is 7.14. The second-order valence-electron chi connectivity index (χ2n) is 9.35. The Hall–Kier alpha value is -3.59. The van der Waals surface area contributed by atoms with Crippen molar-refractivity contribution in [1.82, 2.24) is 19.9 Å². The molecule has 2 aromatic heterocycles. The average molecular weight is 526 g/mol. The summed E-state index contributed by atoms with van der Waals surface area (Å²) in [7, 11) is 0. The Bertz CT molecular complexity index is 1420. The number of piperidine rings is 1. The second kappa shape index (κ2) is 10.4. The van der Waals surface area contributed by atoms with Gasteiger partial charge in [0.25, 0.3) is 0 Å². The number of nitrogens with zero attached hydrogens (tertiary/aromatic N) is 5. The van der Waals surface area contributed by atoms with Crippen molar-refractivity contribution in [2.24, 2.45) is 5.92 Å². The van der Waals surface area contributed by atoms with E-state index in [1.807, 2.05) is 0 Å². The molecule has 2 atom stereocenters. The second-order valence-corrected chi connectivity index (χ2v) is 9.76. The van der Waals surface area contributed by atoms with E-state index >= 15 is 4.39 Å². The number of hydrogen-bond donors (Lipinski definition) is 1. The summed E-state index contributed by atoms with van der Waals surface area (Å²) in [5.41, 5.74) is -0.655. The first-order chi connectivity index (χ1) is 17.8. The molecular weight excluding hydrogens is 500 g/mol. The lowest BCUT2D eigenvalue weighted by Gasteiger charge is -2.38. The van der Waals surface area contributed by atoms with Crippen LogP contribution in [0.1, 0.15) is 32.5 Å². The molecule has 1 N–H and O–H groups in total. The van der Waals surface area contributed by atoms with Gasteiger partial charge in [-0.05, 0) is 49.9 Å². The van der Waals surface area contributed by atoms with Crippen LogP contribution in [0.2, 0.25) is 5.02 Å². The molecule has 0 saturated carbocycles. The van der Waals surface area contributed by atoms with Gasteiger partial charge in [-0.25, -0.2) is 18.7 Å². The summed E-state index contributed by atoms with van der Waals surface area (Å²) < 4.78 is 36.7. The van der Waals surface area contributed by atoms with Gasteiger partial charge in [0, 0.05) is 42.4 Å². The average Bonchev–Trinajstić information content (AvgIpc) is 2.88. The van der Waals surface area contributed by atoms with Gasteiger partial charge in [-0.3, -0.25) is 0 Å². The zero-order chi connectivity index (χ0) is 26.1. The molecule has 4 aromatic rings. The number of phenolic OH excluding ortho intramolecular Hbond substituents is 1. The first-order valence-corrected chi connectivity index (χ1v) is 12.5. The third kappa shape index (κ3) is 5.00. The van der Waals surface area contributed by atoms with Crippen LogP contribution in [0.15, 0.2) is 42.7 Å². The lowest BCUT2D eigenvalue weighted by Crippen LogP contribution is -2.41. The zero-order valence-corrected chi connectivity index (χ0v) is 21.2. The summed E-state index contributed by atoms with van der Waals surface area (Å²) in [5, 5.41) is 10.7. The lowest BCUT2D eigenvalue weighted by atomic mass is 9.94. The maximum absolute atomic E-state index is 16.1. The van der Waals surface area contributed by atoms with Gasteiger partial charge in [0.2, 0.25) is 0 Å². The predicted octanol–water partition coefficient (Wildman–Crippen LogP) is 5.97. The minimum atomic E-state index is -0.861. The van der Waals surface area contributed by atoms with Crippen LogP contribution in [0, 0.1) is 17.6 Å². The number of phenols is 1. The zero-order valence-electron chi connectivity index (χ0n) is 20.5. The van der Waals surface area contributed by atoms with E-state index in [9.17, 15) is 9.50 Å². The molecule has 1 aliphatic rings. The van der Waals surface area contributed by atoms with Crippen LogP contribution >= 0.6 is 11.6 Å². The van der Waals surface area contributed by atoms with Crippen molar-refractivity contribution in [1.29, 1.82) is 0 Å². The van der Waals surface area contributed by atoms with E-state index in [1.54, 1.807) is 18.5 Å². The summed E-state index contributed by atoms with van der Waals surface area (Å²) in [4.78, 5) is 19.5. The molecule has 10 heteroatoms. The van der Waals surface area contributed by atoms with Crippen molar-refractivity contribution in [2.75, 3.05) is 18.1 Å². The van der Waals surface area contributed by atoms with Gasteiger partial charge < -0.3 is 14.7 Å². The summed E-state index contributed by atoms with van der Waals surface area (Å²) in [5.74, 6) is -0.576. The summed E-state index contributed by atoms with van der Waals surface area (Å²) in [6.45, 7) is 5.15. The van der Waals surface area contributed by atoms with Crippen LogP contribution in [0.3, 0.4) is 0 Å². The van der Waals surface area contributed by atoms with E-state index in [-0.39, 0.29) is 40.3 Å². The van der Waals surface area contributed by atoms with Crippen molar-refractivity contribution < 1.29 is 18.6 Å². The molecule has 0 spiro atoms. The molecule has 7 nitrogen and oxygen atoms in total. The fraction of sp³-hybridized carbons (Fsp3) is 0.333. The van der Waals surface area contributed by atoms with Crippen LogP contribution < -0.4 is 9.64 Å². The molecule has 3 heterocycles. The van der Waals surface area contributed by atoms with Gasteiger partial charge in [-0.1, -0.05) is 24.6 Å². The standard InChI is InChI=1S/C27H26ClF2N5O2/c1-15-7-8-16(2)35(14-15)26-17-13-18(28)22(23-19(29)5-3-6-20(23)36)24(30)25(17)33-27(34-26)37-12-9-21-31-10-4-11-32-21/h3-6,10-11,13,15-16,36H,7-9,12,14H2,1-2H3/t15-,16-/m0/s1. The van der Waals surface area contributed by atoms with E-state index in [1.165, 1.54) is 18.2 Å². The summed E-state index contributed by atoms with van der Waals surface area (Å²) in [6.07, 6.45) is 5.72. The maximum atomic E-state index is 16.1. The van der Waals surface area contributed by atoms with E-state index in [4.69, 9.17) is 16.3 Å². The summed E-state index contributed by atoms with van der Waals surface area (Å²) >= 11 is 6.52. The fourth-order valence-corrected chi connectivity index (χ4v) is 5.00. The van der Waals surface area contributed by atoms with Crippen molar-refractivity contribution in [3.8, 4) is 22.9 Å². The largest absolute Gasteiger partial charge is 0.507 e.